The Bertz CT molecular complexity index is 979. The lowest BCUT2D eigenvalue weighted by molar-refractivity contribution is 0.355. The van der Waals surface area contributed by atoms with Crippen LogP contribution in [0.3, 0.4) is 0 Å². The summed E-state index contributed by atoms with van der Waals surface area (Å²) in [6.07, 6.45) is 3.78. The van der Waals surface area contributed by atoms with Crippen LogP contribution in [-0.4, -0.2) is 35.7 Å². The Morgan fingerprint density at radius 2 is 1.72 bits per heavy atom. The average molecular weight is 396 g/mol. The molecule has 29 heavy (non-hydrogen) atoms. The second-order valence-electron chi connectivity index (χ2n) is 6.85. The second-order valence-corrected chi connectivity index (χ2v) is 6.85. The predicted octanol–water partition coefficient (Wildman–Crippen LogP) is 2.81. The van der Waals surface area contributed by atoms with Crippen LogP contribution in [-0.2, 0) is 0 Å². The molecule has 6 N–H and O–H groups in total. The zero-order chi connectivity index (χ0) is 20.8. The monoisotopic (exact) mass is 396 g/mol. The van der Waals surface area contributed by atoms with Crippen molar-refractivity contribution in [3.63, 3.8) is 0 Å². The average Bonchev–Trinajstić information content (AvgIpc) is 2.75. The van der Waals surface area contributed by atoms with Crippen molar-refractivity contribution in [3.05, 3.63) is 36.0 Å². The largest absolute Gasteiger partial charge is 0.493 e. The van der Waals surface area contributed by atoms with Crippen molar-refractivity contribution < 1.29 is 9.47 Å². The molecule has 154 valence electrons. The Labute approximate surface area is 170 Å². The number of fused-ring (bicyclic) bond motifs is 1. The van der Waals surface area contributed by atoms with Gasteiger partial charge in [0, 0.05) is 11.6 Å². The summed E-state index contributed by atoms with van der Waals surface area (Å²) in [5.41, 5.74) is 21.6. The topological polar surface area (TPSA) is 135 Å². The first-order chi connectivity index (χ1) is 14.1. The fraction of sp³-hybridized carbons (Fsp3) is 0.381. The van der Waals surface area contributed by atoms with Crippen LogP contribution in [0.4, 0.5) is 5.95 Å². The van der Waals surface area contributed by atoms with E-state index < -0.39 is 0 Å². The zero-order valence-corrected chi connectivity index (χ0v) is 16.9. The number of methoxy groups -OCH3 is 2. The van der Waals surface area contributed by atoms with E-state index in [-0.39, 0.29) is 12.0 Å². The molecule has 2 aromatic heterocycles. The van der Waals surface area contributed by atoms with Crippen molar-refractivity contribution in [2.75, 3.05) is 26.5 Å². The highest BCUT2D eigenvalue weighted by molar-refractivity contribution is 5.81. The molecule has 8 nitrogen and oxygen atoms in total. The number of hydrogen-bond donors (Lipinski definition) is 3. The van der Waals surface area contributed by atoms with E-state index >= 15 is 0 Å². The van der Waals surface area contributed by atoms with Crippen molar-refractivity contribution in [1.82, 2.24) is 15.0 Å². The molecule has 1 atom stereocenters. The van der Waals surface area contributed by atoms with Gasteiger partial charge in [0.2, 0.25) is 5.95 Å². The normalized spacial score (nSPS) is 12.1. The Hall–Kier alpha value is -2.97. The molecule has 1 aromatic carbocycles. The Kier molecular flexibility index (Phi) is 6.79. The molecule has 0 saturated heterocycles. The van der Waals surface area contributed by atoms with Gasteiger partial charge in [0.05, 0.1) is 31.1 Å². The number of pyridine rings is 1. The number of unbranched alkanes of at least 4 members (excludes halogenated alkanes) is 2. The molecule has 0 fully saturated rings. The van der Waals surface area contributed by atoms with Crippen LogP contribution in [0.1, 0.15) is 37.4 Å². The van der Waals surface area contributed by atoms with Gasteiger partial charge in [-0.05, 0) is 49.7 Å². The SMILES string of the molecule is COc1ccc(-c2ccc3nc(N)nc(C(N)CCCCCN)c3n2)cc1OC. The van der Waals surface area contributed by atoms with Crippen molar-refractivity contribution >= 4 is 17.0 Å². The minimum Gasteiger partial charge on any atom is -0.493 e. The zero-order valence-electron chi connectivity index (χ0n) is 16.9. The highest BCUT2D eigenvalue weighted by Gasteiger charge is 2.16. The first-order valence-electron chi connectivity index (χ1n) is 9.69. The number of nitrogens with zero attached hydrogens (tertiary/aromatic N) is 3. The van der Waals surface area contributed by atoms with E-state index in [0.29, 0.717) is 34.8 Å². The highest BCUT2D eigenvalue weighted by Crippen LogP contribution is 2.33. The molecule has 0 spiro atoms. The molecule has 0 amide bonds. The maximum atomic E-state index is 6.43. The Morgan fingerprint density at radius 3 is 2.45 bits per heavy atom. The number of ether oxygens (including phenoxy) is 2. The van der Waals surface area contributed by atoms with Gasteiger partial charge < -0.3 is 26.7 Å². The van der Waals surface area contributed by atoms with Gasteiger partial charge in [0.1, 0.15) is 5.52 Å². The van der Waals surface area contributed by atoms with Gasteiger partial charge in [-0.2, -0.15) is 0 Å². The lowest BCUT2D eigenvalue weighted by Gasteiger charge is -2.14. The van der Waals surface area contributed by atoms with Gasteiger partial charge in [-0.15, -0.1) is 0 Å². The Morgan fingerprint density at radius 1 is 0.931 bits per heavy atom. The maximum absolute atomic E-state index is 6.43. The van der Waals surface area contributed by atoms with E-state index in [1.54, 1.807) is 14.2 Å². The molecular weight excluding hydrogens is 368 g/mol. The van der Waals surface area contributed by atoms with Crippen LogP contribution >= 0.6 is 0 Å². The minimum absolute atomic E-state index is 0.200. The van der Waals surface area contributed by atoms with Gasteiger partial charge in [-0.3, -0.25) is 0 Å². The fourth-order valence-corrected chi connectivity index (χ4v) is 3.29. The van der Waals surface area contributed by atoms with Gasteiger partial charge in [0.15, 0.2) is 11.5 Å². The van der Waals surface area contributed by atoms with Crippen LogP contribution in [0.15, 0.2) is 30.3 Å². The molecule has 0 radical (unpaired) electrons. The summed E-state index contributed by atoms with van der Waals surface area (Å²) >= 11 is 0. The molecular formula is C21H28N6O2. The third kappa shape index (κ3) is 4.72. The molecule has 3 aromatic rings. The van der Waals surface area contributed by atoms with Crippen LogP contribution in [0, 0.1) is 0 Å². The third-order valence-corrected chi connectivity index (χ3v) is 4.84. The first kappa shape index (κ1) is 20.8. The number of benzene rings is 1. The van der Waals surface area contributed by atoms with Crippen molar-refractivity contribution in [1.29, 1.82) is 0 Å². The summed E-state index contributed by atoms with van der Waals surface area (Å²) in [5, 5.41) is 0. The smallest absolute Gasteiger partial charge is 0.220 e. The Balaban J connectivity index is 1.99. The van der Waals surface area contributed by atoms with Crippen LogP contribution in [0.5, 0.6) is 11.5 Å². The minimum atomic E-state index is -0.270. The lowest BCUT2D eigenvalue weighted by Crippen LogP contribution is -2.15. The molecule has 0 bridgehead atoms. The number of nitrogens with two attached hydrogens (primary N) is 3. The first-order valence-corrected chi connectivity index (χ1v) is 9.69. The van der Waals surface area contributed by atoms with Crippen molar-refractivity contribution in [2.45, 2.75) is 31.7 Å². The second kappa shape index (κ2) is 9.49. The van der Waals surface area contributed by atoms with E-state index in [1.807, 2.05) is 30.3 Å². The number of hydrogen-bond acceptors (Lipinski definition) is 8. The van der Waals surface area contributed by atoms with E-state index in [2.05, 4.69) is 9.97 Å². The fourth-order valence-electron chi connectivity index (χ4n) is 3.29. The summed E-state index contributed by atoms with van der Waals surface area (Å²) in [6, 6.07) is 9.18. The summed E-state index contributed by atoms with van der Waals surface area (Å²) in [6.45, 7) is 0.689. The van der Waals surface area contributed by atoms with Gasteiger partial charge >= 0.3 is 0 Å². The summed E-state index contributed by atoms with van der Waals surface area (Å²) in [5.74, 6) is 1.50. The van der Waals surface area contributed by atoms with Crippen LogP contribution < -0.4 is 26.7 Å². The molecule has 2 heterocycles. The van der Waals surface area contributed by atoms with Crippen molar-refractivity contribution in [3.8, 4) is 22.8 Å². The lowest BCUT2D eigenvalue weighted by atomic mass is 10.0. The number of anilines is 1. The maximum Gasteiger partial charge on any atom is 0.220 e. The molecule has 3 rings (SSSR count). The van der Waals surface area contributed by atoms with Gasteiger partial charge in [-0.25, -0.2) is 15.0 Å². The summed E-state index contributed by atoms with van der Waals surface area (Å²) in [4.78, 5) is 13.5. The van der Waals surface area contributed by atoms with E-state index in [0.717, 1.165) is 36.9 Å². The quantitative estimate of drug-likeness (QED) is 0.470. The number of nitrogen functional groups attached to an aromatic ring is 1. The summed E-state index contributed by atoms with van der Waals surface area (Å²) < 4.78 is 10.7. The van der Waals surface area contributed by atoms with Crippen LogP contribution in [0.25, 0.3) is 22.3 Å². The highest BCUT2D eigenvalue weighted by atomic mass is 16.5. The summed E-state index contributed by atoms with van der Waals surface area (Å²) in [7, 11) is 3.21. The van der Waals surface area contributed by atoms with E-state index in [1.165, 1.54) is 0 Å². The van der Waals surface area contributed by atoms with Crippen LogP contribution in [0.2, 0.25) is 0 Å². The number of rotatable bonds is 9. The van der Waals surface area contributed by atoms with Gasteiger partial charge in [-0.1, -0.05) is 12.8 Å². The van der Waals surface area contributed by atoms with Crippen molar-refractivity contribution in [2.24, 2.45) is 11.5 Å². The standard InChI is InChI=1S/C21H28N6O2/c1-28-17-10-7-13(12-18(17)29-2)15-8-9-16-20(25-15)19(27-21(24)26-16)14(23)6-4-3-5-11-22/h7-10,12,14H,3-6,11,22-23H2,1-2H3,(H2,24,26,27). The molecule has 0 aliphatic carbocycles. The predicted molar refractivity (Wildman–Crippen MR) is 115 cm³/mol. The number of aromatic nitrogens is 3. The molecule has 0 aliphatic heterocycles. The van der Waals surface area contributed by atoms with E-state index in [9.17, 15) is 0 Å². The molecule has 0 aliphatic rings. The molecule has 1 unspecified atom stereocenters. The van der Waals surface area contributed by atoms with E-state index in [4.69, 9.17) is 31.7 Å². The molecule has 0 saturated carbocycles. The van der Waals surface area contributed by atoms with Gasteiger partial charge in [0.25, 0.3) is 0 Å². The third-order valence-electron chi connectivity index (χ3n) is 4.84. The molecule has 8 heteroatoms.